The molecule has 1 fully saturated rings. The zero-order valence-electron chi connectivity index (χ0n) is 16.0. The molecule has 0 unspecified atom stereocenters. The molecule has 0 saturated carbocycles. The fourth-order valence-corrected chi connectivity index (χ4v) is 2.69. The smallest absolute Gasteiger partial charge is 0.332 e. The topological polar surface area (TPSA) is 51.2 Å². The van der Waals surface area contributed by atoms with Crippen molar-refractivity contribution in [1.29, 1.82) is 0 Å². The number of carbonyl (C=O) groups is 1. The molecule has 0 bridgehead atoms. The van der Waals surface area contributed by atoms with Crippen LogP contribution in [-0.2, 0) is 19.0 Å². The Labute approximate surface area is 147 Å². The van der Waals surface area contributed by atoms with Gasteiger partial charge < -0.3 is 24.0 Å². The third kappa shape index (κ3) is 11.0. The van der Waals surface area contributed by atoms with Gasteiger partial charge in [0.15, 0.2) is 0 Å². The van der Waals surface area contributed by atoms with Crippen LogP contribution in [0.1, 0.15) is 40.5 Å². The summed E-state index contributed by atoms with van der Waals surface area (Å²) in [6.07, 6.45) is 2.07. The quantitative estimate of drug-likeness (QED) is 0.421. The summed E-state index contributed by atoms with van der Waals surface area (Å²) in [6, 6.07) is 0. The first-order valence-corrected chi connectivity index (χ1v) is 9.23. The minimum absolute atomic E-state index is 0.0465. The van der Waals surface area contributed by atoms with Crippen LogP contribution in [0.4, 0.5) is 0 Å². The molecular weight excluding hydrogens is 308 g/mol. The molecular formula is C18H36N2O4. The summed E-state index contributed by atoms with van der Waals surface area (Å²) in [6.45, 7) is 16.6. The molecule has 0 aromatic carbocycles. The van der Waals surface area contributed by atoms with Gasteiger partial charge in [-0.2, -0.15) is 0 Å². The van der Waals surface area contributed by atoms with Gasteiger partial charge in [-0.05, 0) is 40.5 Å². The first kappa shape index (κ1) is 21.4. The number of piperazine rings is 1. The molecule has 1 rings (SSSR count). The maximum absolute atomic E-state index is 11.5. The Morgan fingerprint density at radius 3 is 1.88 bits per heavy atom. The molecule has 0 aliphatic carbocycles. The highest BCUT2D eigenvalue weighted by atomic mass is 16.6. The van der Waals surface area contributed by atoms with Crippen molar-refractivity contribution >= 4 is 5.97 Å². The lowest BCUT2D eigenvalue weighted by atomic mass is 10.2. The van der Waals surface area contributed by atoms with Crippen molar-refractivity contribution in [2.45, 2.75) is 46.1 Å². The van der Waals surface area contributed by atoms with Gasteiger partial charge >= 0.3 is 5.97 Å². The van der Waals surface area contributed by atoms with Gasteiger partial charge in [0, 0.05) is 59.1 Å². The van der Waals surface area contributed by atoms with Gasteiger partial charge in [0.1, 0.15) is 12.2 Å². The van der Waals surface area contributed by atoms with Crippen molar-refractivity contribution in [2.75, 3.05) is 65.7 Å². The van der Waals surface area contributed by atoms with Crippen molar-refractivity contribution in [1.82, 2.24) is 9.80 Å². The summed E-state index contributed by atoms with van der Waals surface area (Å²) in [4.78, 5) is 16.5. The molecule has 1 aliphatic heterocycles. The Balaban J connectivity index is 1.97. The third-order valence-electron chi connectivity index (χ3n) is 3.84. The number of carbonyl (C=O) groups excluding carboxylic acids is 1. The maximum Gasteiger partial charge on any atom is 0.332 e. The number of rotatable bonds is 11. The Morgan fingerprint density at radius 1 is 0.917 bits per heavy atom. The Hall–Kier alpha value is -0.690. The lowest BCUT2D eigenvalue weighted by Gasteiger charge is -2.34. The fourth-order valence-electron chi connectivity index (χ4n) is 2.69. The second kappa shape index (κ2) is 11.8. The molecule has 0 aromatic rings. The van der Waals surface area contributed by atoms with Crippen LogP contribution in [-0.4, -0.2) is 87.1 Å². The largest absolute Gasteiger partial charge is 0.458 e. The molecule has 6 heteroatoms. The standard InChI is InChI=1S/C18H36N2O4/c1-5-22-14-6-8-19-10-12-20(13-11-19)9-7-15-23-16-17(21)24-18(2,3)4/h5-16H2,1-4H3. The van der Waals surface area contributed by atoms with E-state index in [-0.39, 0.29) is 12.6 Å². The predicted octanol–water partition coefficient (Wildman–Crippen LogP) is 1.78. The Bertz CT molecular complexity index is 336. The summed E-state index contributed by atoms with van der Waals surface area (Å²) in [5.74, 6) is -0.289. The van der Waals surface area contributed by atoms with E-state index in [4.69, 9.17) is 14.2 Å². The van der Waals surface area contributed by atoms with Gasteiger partial charge in [-0.15, -0.1) is 0 Å². The monoisotopic (exact) mass is 344 g/mol. The molecule has 0 N–H and O–H groups in total. The van der Waals surface area contributed by atoms with E-state index in [0.29, 0.717) is 6.61 Å². The van der Waals surface area contributed by atoms with Gasteiger partial charge in [-0.1, -0.05) is 0 Å². The van der Waals surface area contributed by atoms with Gasteiger partial charge in [0.2, 0.25) is 0 Å². The molecule has 0 atom stereocenters. The highest BCUT2D eigenvalue weighted by Crippen LogP contribution is 2.07. The molecule has 1 saturated heterocycles. The van der Waals surface area contributed by atoms with Crippen molar-refractivity contribution in [3.63, 3.8) is 0 Å². The normalized spacial score (nSPS) is 17.2. The molecule has 0 radical (unpaired) electrons. The molecule has 0 amide bonds. The number of esters is 1. The maximum atomic E-state index is 11.5. The van der Waals surface area contributed by atoms with E-state index in [1.807, 2.05) is 27.7 Å². The van der Waals surface area contributed by atoms with E-state index in [9.17, 15) is 4.79 Å². The number of nitrogens with zero attached hydrogens (tertiary/aromatic N) is 2. The lowest BCUT2D eigenvalue weighted by molar-refractivity contribution is -0.160. The van der Waals surface area contributed by atoms with E-state index in [2.05, 4.69) is 9.80 Å². The first-order valence-electron chi connectivity index (χ1n) is 9.23. The molecule has 24 heavy (non-hydrogen) atoms. The van der Waals surface area contributed by atoms with Gasteiger partial charge in [-0.25, -0.2) is 4.79 Å². The van der Waals surface area contributed by atoms with Crippen LogP contribution in [0.2, 0.25) is 0 Å². The van der Waals surface area contributed by atoms with E-state index < -0.39 is 5.60 Å². The van der Waals surface area contributed by atoms with Crippen molar-refractivity contribution < 1.29 is 19.0 Å². The number of ether oxygens (including phenoxy) is 3. The molecule has 142 valence electrons. The highest BCUT2D eigenvalue weighted by Gasteiger charge is 2.17. The predicted molar refractivity (Wildman–Crippen MR) is 95.3 cm³/mol. The van der Waals surface area contributed by atoms with Crippen molar-refractivity contribution in [3.8, 4) is 0 Å². The zero-order valence-corrected chi connectivity index (χ0v) is 16.0. The molecule has 1 aliphatic rings. The van der Waals surface area contributed by atoms with E-state index in [1.54, 1.807) is 0 Å². The number of hydrogen-bond acceptors (Lipinski definition) is 6. The second-order valence-corrected chi connectivity index (χ2v) is 7.23. The molecule has 0 spiro atoms. The minimum Gasteiger partial charge on any atom is -0.458 e. The molecule has 6 nitrogen and oxygen atoms in total. The minimum atomic E-state index is -0.442. The van der Waals surface area contributed by atoms with Gasteiger partial charge in [0.05, 0.1) is 0 Å². The van der Waals surface area contributed by atoms with Crippen LogP contribution in [0.15, 0.2) is 0 Å². The van der Waals surface area contributed by atoms with Gasteiger partial charge in [-0.3, -0.25) is 0 Å². The summed E-state index contributed by atoms with van der Waals surface area (Å²) in [7, 11) is 0. The van der Waals surface area contributed by atoms with E-state index in [0.717, 1.165) is 65.3 Å². The Kier molecular flexibility index (Phi) is 10.5. The average molecular weight is 344 g/mol. The second-order valence-electron chi connectivity index (χ2n) is 7.23. The van der Waals surface area contributed by atoms with E-state index in [1.165, 1.54) is 0 Å². The summed E-state index contributed by atoms with van der Waals surface area (Å²) in [5, 5.41) is 0. The van der Waals surface area contributed by atoms with Crippen LogP contribution >= 0.6 is 0 Å². The summed E-state index contributed by atoms with van der Waals surface area (Å²) in [5.41, 5.74) is -0.442. The third-order valence-corrected chi connectivity index (χ3v) is 3.84. The van der Waals surface area contributed by atoms with Crippen LogP contribution in [0.5, 0.6) is 0 Å². The van der Waals surface area contributed by atoms with Crippen LogP contribution in [0, 0.1) is 0 Å². The summed E-state index contributed by atoms with van der Waals surface area (Å²) < 4.78 is 16.0. The average Bonchev–Trinajstić information content (AvgIpc) is 2.51. The van der Waals surface area contributed by atoms with Crippen LogP contribution in [0.3, 0.4) is 0 Å². The zero-order chi connectivity index (χ0) is 17.8. The van der Waals surface area contributed by atoms with Crippen molar-refractivity contribution in [3.05, 3.63) is 0 Å². The molecule has 1 heterocycles. The van der Waals surface area contributed by atoms with Gasteiger partial charge in [0.25, 0.3) is 0 Å². The highest BCUT2D eigenvalue weighted by molar-refractivity contribution is 5.71. The Morgan fingerprint density at radius 2 is 1.42 bits per heavy atom. The number of hydrogen-bond donors (Lipinski definition) is 0. The molecule has 0 aromatic heterocycles. The SMILES string of the molecule is CCOCCCN1CCN(CCCOCC(=O)OC(C)(C)C)CC1. The van der Waals surface area contributed by atoms with Crippen molar-refractivity contribution in [2.24, 2.45) is 0 Å². The fraction of sp³-hybridized carbons (Fsp3) is 0.944. The summed E-state index contributed by atoms with van der Waals surface area (Å²) >= 11 is 0. The lowest BCUT2D eigenvalue weighted by Crippen LogP contribution is -2.47. The first-order chi connectivity index (χ1) is 11.4. The van der Waals surface area contributed by atoms with Crippen LogP contribution in [0.25, 0.3) is 0 Å². The van der Waals surface area contributed by atoms with E-state index >= 15 is 0 Å². The van der Waals surface area contributed by atoms with Crippen LogP contribution < -0.4 is 0 Å².